The molecule has 1 aromatic heterocycles. The van der Waals surface area contributed by atoms with Gasteiger partial charge in [0.05, 0.1) is 12.4 Å². The maximum Gasteiger partial charge on any atom is 0.0906 e. The fourth-order valence-corrected chi connectivity index (χ4v) is 1.82. The van der Waals surface area contributed by atoms with Gasteiger partial charge in [0.2, 0.25) is 0 Å². The van der Waals surface area contributed by atoms with Crippen LogP contribution in [-0.2, 0) is 13.1 Å². The van der Waals surface area contributed by atoms with E-state index < -0.39 is 0 Å². The third-order valence-corrected chi connectivity index (χ3v) is 2.76. The minimum Gasteiger partial charge on any atom is -0.312 e. The van der Waals surface area contributed by atoms with Crippen molar-refractivity contribution in [1.82, 2.24) is 15.1 Å². The Morgan fingerprint density at radius 2 is 2.12 bits per heavy atom. The van der Waals surface area contributed by atoms with Crippen molar-refractivity contribution in [2.45, 2.75) is 46.7 Å². The molecule has 92 valence electrons. The van der Waals surface area contributed by atoms with Gasteiger partial charge in [-0.05, 0) is 33.2 Å². The molecule has 0 atom stereocenters. The van der Waals surface area contributed by atoms with Gasteiger partial charge in [0.1, 0.15) is 0 Å². The monoisotopic (exact) mass is 227 g/mol. The Morgan fingerprint density at radius 1 is 1.38 bits per heavy atom. The van der Waals surface area contributed by atoms with E-state index in [0.717, 1.165) is 31.7 Å². The molecule has 0 amide bonds. The van der Waals surface area contributed by atoms with Crippen molar-refractivity contribution in [3.05, 3.63) is 17.0 Å². The van der Waals surface area contributed by atoms with Crippen molar-refractivity contribution in [3.8, 4) is 0 Å². The second-order valence-corrected chi connectivity index (χ2v) is 4.09. The van der Waals surface area contributed by atoms with Crippen LogP contribution in [0.5, 0.6) is 0 Å². The van der Waals surface area contributed by atoms with E-state index in [2.05, 4.69) is 28.9 Å². The van der Waals surface area contributed by atoms with Crippen LogP contribution < -0.4 is 5.32 Å². The Kier molecular flexibility index (Phi) is 5.46. The predicted octanol–water partition coefficient (Wildman–Crippen LogP) is 2.36. The molecule has 1 aromatic rings. The molecular formula is C12H22FN3. The summed E-state index contributed by atoms with van der Waals surface area (Å²) in [6.45, 7) is 8.52. The highest BCUT2D eigenvalue weighted by atomic mass is 19.1. The molecule has 1 rings (SSSR count). The number of hydrogen-bond donors (Lipinski definition) is 1. The third kappa shape index (κ3) is 3.30. The van der Waals surface area contributed by atoms with Crippen LogP contribution in [0.15, 0.2) is 0 Å². The zero-order valence-corrected chi connectivity index (χ0v) is 10.5. The van der Waals surface area contributed by atoms with E-state index in [0.29, 0.717) is 6.42 Å². The number of halogens is 1. The first kappa shape index (κ1) is 13.2. The van der Waals surface area contributed by atoms with Crippen molar-refractivity contribution in [2.24, 2.45) is 0 Å². The molecule has 0 radical (unpaired) electrons. The van der Waals surface area contributed by atoms with E-state index >= 15 is 0 Å². The first-order valence-electron chi connectivity index (χ1n) is 6.00. The summed E-state index contributed by atoms with van der Waals surface area (Å²) in [4.78, 5) is 0. The third-order valence-electron chi connectivity index (χ3n) is 2.76. The zero-order valence-electron chi connectivity index (χ0n) is 10.5. The lowest BCUT2D eigenvalue weighted by Crippen LogP contribution is -2.16. The van der Waals surface area contributed by atoms with Crippen LogP contribution in [0.2, 0.25) is 0 Å². The molecule has 0 unspecified atom stereocenters. The second kappa shape index (κ2) is 6.63. The summed E-state index contributed by atoms with van der Waals surface area (Å²) in [5.41, 5.74) is 3.57. The Balaban J connectivity index is 2.57. The molecule has 0 spiro atoms. The van der Waals surface area contributed by atoms with Gasteiger partial charge in [0.15, 0.2) is 0 Å². The summed E-state index contributed by atoms with van der Waals surface area (Å²) in [6, 6.07) is 0. The first-order chi connectivity index (χ1) is 7.70. The lowest BCUT2D eigenvalue weighted by Gasteiger charge is -2.05. The zero-order chi connectivity index (χ0) is 12.0. The predicted molar refractivity (Wildman–Crippen MR) is 64.3 cm³/mol. The molecule has 1 N–H and O–H groups in total. The van der Waals surface area contributed by atoms with Gasteiger partial charge >= 0.3 is 0 Å². The highest BCUT2D eigenvalue weighted by Gasteiger charge is 2.09. The lowest BCUT2D eigenvalue weighted by atomic mass is 10.2. The van der Waals surface area contributed by atoms with Crippen LogP contribution in [-0.4, -0.2) is 23.0 Å². The molecule has 16 heavy (non-hydrogen) atoms. The van der Waals surface area contributed by atoms with Crippen LogP contribution in [0.1, 0.15) is 36.7 Å². The summed E-state index contributed by atoms with van der Waals surface area (Å²) in [5.74, 6) is 0. The van der Waals surface area contributed by atoms with Crippen molar-refractivity contribution in [2.75, 3.05) is 13.2 Å². The molecule has 0 aliphatic carbocycles. The van der Waals surface area contributed by atoms with Crippen LogP contribution in [0, 0.1) is 13.8 Å². The fourth-order valence-electron chi connectivity index (χ4n) is 1.82. The topological polar surface area (TPSA) is 29.9 Å². The van der Waals surface area contributed by atoms with Gasteiger partial charge in [-0.1, -0.05) is 6.92 Å². The Labute approximate surface area is 97.0 Å². The maximum absolute atomic E-state index is 11.9. The molecule has 0 aromatic carbocycles. The molecular weight excluding hydrogens is 205 g/mol. The normalized spacial score (nSPS) is 11.0. The van der Waals surface area contributed by atoms with Gasteiger partial charge in [-0.3, -0.25) is 9.07 Å². The smallest absolute Gasteiger partial charge is 0.0906 e. The molecule has 1 heterocycles. The Hall–Kier alpha value is -0.900. The average molecular weight is 227 g/mol. The van der Waals surface area contributed by atoms with E-state index in [-0.39, 0.29) is 6.67 Å². The number of aromatic nitrogens is 2. The van der Waals surface area contributed by atoms with E-state index in [1.165, 1.54) is 11.3 Å². The number of alkyl halides is 1. The van der Waals surface area contributed by atoms with Crippen LogP contribution >= 0.6 is 0 Å². The van der Waals surface area contributed by atoms with Gasteiger partial charge in [-0.2, -0.15) is 5.10 Å². The quantitative estimate of drug-likeness (QED) is 0.725. The molecule has 0 aliphatic heterocycles. The SMILES string of the molecule is CCCn1nc(C)c(CNCCCF)c1C. The number of nitrogens with zero attached hydrogens (tertiary/aromatic N) is 2. The first-order valence-corrected chi connectivity index (χ1v) is 6.00. The number of rotatable bonds is 7. The van der Waals surface area contributed by atoms with Crippen LogP contribution in [0.3, 0.4) is 0 Å². The summed E-state index contributed by atoms with van der Waals surface area (Å²) < 4.78 is 14.0. The Morgan fingerprint density at radius 3 is 2.75 bits per heavy atom. The minimum atomic E-state index is -0.250. The number of nitrogens with one attached hydrogen (secondary N) is 1. The highest BCUT2D eigenvalue weighted by Crippen LogP contribution is 2.13. The second-order valence-electron chi connectivity index (χ2n) is 4.09. The summed E-state index contributed by atoms with van der Waals surface area (Å²) >= 11 is 0. The summed E-state index contributed by atoms with van der Waals surface area (Å²) in [5, 5.41) is 7.75. The van der Waals surface area contributed by atoms with Crippen molar-refractivity contribution in [1.29, 1.82) is 0 Å². The molecule has 0 saturated heterocycles. The summed E-state index contributed by atoms with van der Waals surface area (Å²) in [7, 11) is 0. The van der Waals surface area contributed by atoms with Gasteiger partial charge in [-0.15, -0.1) is 0 Å². The van der Waals surface area contributed by atoms with Crippen LogP contribution in [0.25, 0.3) is 0 Å². The van der Waals surface area contributed by atoms with E-state index in [1.807, 2.05) is 6.92 Å². The molecule has 3 nitrogen and oxygen atoms in total. The van der Waals surface area contributed by atoms with Crippen molar-refractivity contribution < 1.29 is 4.39 Å². The lowest BCUT2D eigenvalue weighted by molar-refractivity contribution is 0.459. The maximum atomic E-state index is 11.9. The number of hydrogen-bond acceptors (Lipinski definition) is 2. The number of aryl methyl sites for hydroxylation is 2. The van der Waals surface area contributed by atoms with Gasteiger partial charge in [0, 0.05) is 24.3 Å². The van der Waals surface area contributed by atoms with E-state index in [4.69, 9.17) is 0 Å². The molecule has 0 aliphatic rings. The fraction of sp³-hybridized carbons (Fsp3) is 0.750. The molecule has 0 fully saturated rings. The van der Waals surface area contributed by atoms with Gasteiger partial charge < -0.3 is 5.32 Å². The van der Waals surface area contributed by atoms with Gasteiger partial charge in [0.25, 0.3) is 0 Å². The van der Waals surface area contributed by atoms with Crippen LogP contribution in [0.4, 0.5) is 4.39 Å². The Bertz CT molecular complexity index is 320. The average Bonchev–Trinajstić information content (AvgIpc) is 2.52. The van der Waals surface area contributed by atoms with E-state index in [1.54, 1.807) is 0 Å². The van der Waals surface area contributed by atoms with Crippen molar-refractivity contribution >= 4 is 0 Å². The van der Waals surface area contributed by atoms with Crippen molar-refractivity contribution in [3.63, 3.8) is 0 Å². The summed E-state index contributed by atoms with van der Waals surface area (Å²) in [6.07, 6.45) is 1.68. The van der Waals surface area contributed by atoms with Gasteiger partial charge in [-0.25, -0.2) is 0 Å². The van der Waals surface area contributed by atoms with E-state index in [9.17, 15) is 4.39 Å². The largest absolute Gasteiger partial charge is 0.312 e. The standard InChI is InChI=1S/C12H22FN3/c1-4-8-16-11(3)12(10(2)15-16)9-14-7-5-6-13/h14H,4-9H2,1-3H3. The molecule has 4 heteroatoms. The molecule has 0 bridgehead atoms. The highest BCUT2D eigenvalue weighted by molar-refractivity contribution is 5.24. The molecule has 0 saturated carbocycles. The minimum absolute atomic E-state index is 0.250.